The Bertz CT molecular complexity index is 1130. The van der Waals surface area contributed by atoms with Crippen LogP contribution in [-0.4, -0.2) is 47.4 Å². The molecule has 1 amide bonds. The molecule has 2 atom stereocenters. The average molecular weight is 985 g/mol. The lowest BCUT2D eigenvalue weighted by Crippen LogP contribution is -2.45. The molecule has 0 aliphatic rings. The first kappa shape index (κ1) is 68.1. The first-order valence-corrected chi connectivity index (χ1v) is 31.3. The van der Waals surface area contributed by atoms with E-state index < -0.39 is 12.1 Å². The van der Waals surface area contributed by atoms with Gasteiger partial charge in [0.15, 0.2) is 0 Å². The van der Waals surface area contributed by atoms with Crippen molar-refractivity contribution in [1.82, 2.24) is 5.32 Å². The number of unbranched alkanes of at least 4 members (excludes halogenated alkanes) is 43. The molecule has 412 valence electrons. The molecule has 0 fully saturated rings. The standard InChI is InChI=1S/C64H121NO5/c1-3-5-7-9-11-13-15-17-33-36-40-44-48-52-56-62(67)61(60-66)65-63(68)57-53-49-45-41-37-34-30-28-26-24-22-20-18-19-21-23-25-27-29-31-35-39-43-47-51-55-59-70-64(69)58-54-50-46-42-38-32-16-14-12-10-8-6-4-2/h14,16,18,20,52,56,61-62,66-67H,3-13,15,17,19,21-51,53-55,57-60H2,1-2H3,(H,65,68)/b16-14-,20-18-,56-52+. The number of nitrogens with one attached hydrogen (secondary N) is 1. The zero-order valence-corrected chi connectivity index (χ0v) is 47.0. The Hall–Kier alpha value is -1.92. The second-order valence-electron chi connectivity index (χ2n) is 21.4. The summed E-state index contributed by atoms with van der Waals surface area (Å²) in [5.74, 6) is -0.0646. The Morgan fingerprint density at radius 2 is 0.671 bits per heavy atom. The number of hydrogen-bond donors (Lipinski definition) is 3. The van der Waals surface area contributed by atoms with E-state index >= 15 is 0 Å². The highest BCUT2D eigenvalue weighted by Crippen LogP contribution is 2.17. The maximum atomic E-state index is 12.5. The lowest BCUT2D eigenvalue weighted by atomic mass is 10.0. The average Bonchev–Trinajstić information content (AvgIpc) is 3.36. The van der Waals surface area contributed by atoms with Gasteiger partial charge in [0.1, 0.15) is 0 Å². The summed E-state index contributed by atoms with van der Waals surface area (Å²) in [6.45, 7) is 4.89. The van der Waals surface area contributed by atoms with Gasteiger partial charge in [0, 0.05) is 12.8 Å². The van der Waals surface area contributed by atoms with Crippen LogP contribution >= 0.6 is 0 Å². The molecule has 0 spiro atoms. The number of carbonyl (C=O) groups is 2. The van der Waals surface area contributed by atoms with E-state index in [0.29, 0.717) is 19.4 Å². The SMILES string of the molecule is CCCCCC/C=C\CCCCCCCC(=O)OCCCCCCCCCCCCCC/C=C\CCCCCCCCCCCCC(=O)NC(CO)C(O)/C=C/CCCCCCCCCCCCCC. The minimum atomic E-state index is -0.845. The molecule has 0 aromatic carbocycles. The first-order chi connectivity index (χ1) is 34.5. The van der Waals surface area contributed by atoms with Crippen LogP contribution in [0.4, 0.5) is 0 Å². The van der Waals surface area contributed by atoms with Crippen LogP contribution in [-0.2, 0) is 14.3 Å². The number of amides is 1. The van der Waals surface area contributed by atoms with E-state index in [1.54, 1.807) is 6.08 Å². The maximum absolute atomic E-state index is 12.5. The van der Waals surface area contributed by atoms with Crippen molar-refractivity contribution in [2.24, 2.45) is 0 Å². The zero-order valence-electron chi connectivity index (χ0n) is 47.0. The quantitative estimate of drug-likeness (QED) is 0.0321. The van der Waals surface area contributed by atoms with Crippen LogP contribution in [0.5, 0.6) is 0 Å². The number of aliphatic hydroxyl groups is 2. The van der Waals surface area contributed by atoms with E-state index in [4.69, 9.17) is 4.74 Å². The third kappa shape index (κ3) is 55.4. The molecule has 6 heteroatoms. The molecule has 0 saturated heterocycles. The van der Waals surface area contributed by atoms with Crippen LogP contribution in [0.1, 0.15) is 335 Å². The number of allylic oxidation sites excluding steroid dienone is 5. The van der Waals surface area contributed by atoms with Crippen molar-refractivity contribution >= 4 is 11.9 Å². The fraction of sp³-hybridized carbons (Fsp3) is 0.875. The molecule has 0 heterocycles. The molecule has 3 N–H and O–H groups in total. The van der Waals surface area contributed by atoms with Crippen molar-refractivity contribution in [3.8, 4) is 0 Å². The number of aliphatic hydroxyl groups excluding tert-OH is 2. The lowest BCUT2D eigenvalue weighted by molar-refractivity contribution is -0.143. The van der Waals surface area contributed by atoms with Crippen LogP contribution in [0.25, 0.3) is 0 Å². The third-order valence-electron chi connectivity index (χ3n) is 14.4. The van der Waals surface area contributed by atoms with Crippen molar-refractivity contribution in [2.45, 2.75) is 347 Å². The van der Waals surface area contributed by atoms with Gasteiger partial charge in [0.25, 0.3) is 0 Å². The van der Waals surface area contributed by atoms with Crippen LogP contribution in [0.15, 0.2) is 36.5 Å². The molecule has 0 radical (unpaired) electrons. The summed E-state index contributed by atoms with van der Waals surface area (Å²) >= 11 is 0. The summed E-state index contributed by atoms with van der Waals surface area (Å²) in [5.41, 5.74) is 0. The fourth-order valence-corrected chi connectivity index (χ4v) is 9.57. The fourth-order valence-electron chi connectivity index (χ4n) is 9.57. The van der Waals surface area contributed by atoms with Gasteiger partial charge in [-0.25, -0.2) is 0 Å². The van der Waals surface area contributed by atoms with Gasteiger partial charge in [0.2, 0.25) is 5.91 Å². The van der Waals surface area contributed by atoms with E-state index in [1.165, 1.54) is 263 Å². The van der Waals surface area contributed by atoms with E-state index in [-0.39, 0.29) is 18.5 Å². The third-order valence-corrected chi connectivity index (χ3v) is 14.4. The van der Waals surface area contributed by atoms with Crippen LogP contribution < -0.4 is 5.32 Å². The van der Waals surface area contributed by atoms with Crippen molar-refractivity contribution in [3.63, 3.8) is 0 Å². The van der Waals surface area contributed by atoms with Crippen LogP contribution in [0, 0.1) is 0 Å². The smallest absolute Gasteiger partial charge is 0.305 e. The van der Waals surface area contributed by atoms with Gasteiger partial charge in [-0.3, -0.25) is 9.59 Å². The summed E-state index contributed by atoms with van der Waals surface area (Å²) in [6, 6.07) is -0.629. The summed E-state index contributed by atoms with van der Waals surface area (Å²) in [4.78, 5) is 24.5. The molecule has 0 aromatic heterocycles. The molecular formula is C64H121NO5. The highest BCUT2D eigenvalue weighted by atomic mass is 16.5. The van der Waals surface area contributed by atoms with Gasteiger partial charge in [0.05, 0.1) is 25.4 Å². The van der Waals surface area contributed by atoms with E-state index in [9.17, 15) is 19.8 Å². The Balaban J connectivity index is 3.41. The molecule has 6 nitrogen and oxygen atoms in total. The Labute approximate surface area is 436 Å². The van der Waals surface area contributed by atoms with Gasteiger partial charge in [-0.05, 0) is 83.5 Å². The van der Waals surface area contributed by atoms with Crippen molar-refractivity contribution in [1.29, 1.82) is 0 Å². The van der Waals surface area contributed by atoms with Gasteiger partial charge < -0.3 is 20.3 Å². The highest BCUT2D eigenvalue weighted by Gasteiger charge is 2.18. The maximum Gasteiger partial charge on any atom is 0.305 e. The van der Waals surface area contributed by atoms with E-state index in [2.05, 4.69) is 43.5 Å². The topological polar surface area (TPSA) is 95.9 Å². The second-order valence-corrected chi connectivity index (χ2v) is 21.4. The second kappa shape index (κ2) is 59.6. The number of ether oxygens (including phenoxy) is 1. The predicted octanol–water partition coefficient (Wildman–Crippen LogP) is 19.6. The minimum Gasteiger partial charge on any atom is -0.466 e. The van der Waals surface area contributed by atoms with Gasteiger partial charge in [-0.1, -0.05) is 275 Å². The Morgan fingerprint density at radius 3 is 1.03 bits per heavy atom. The number of carbonyl (C=O) groups excluding carboxylic acids is 2. The molecular weight excluding hydrogens is 863 g/mol. The molecule has 70 heavy (non-hydrogen) atoms. The van der Waals surface area contributed by atoms with E-state index in [0.717, 1.165) is 44.9 Å². The zero-order chi connectivity index (χ0) is 50.7. The molecule has 2 unspecified atom stereocenters. The Morgan fingerprint density at radius 1 is 0.386 bits per heavy atom. The number of hydrogen-bond acceptors (Lipinski definition) is 5. The molecule has 0 aromatic rings. The van der Waals surface area contributed by atoms with Crippen molar-refractivity contribution in [2.75, 3.05) is 13.2 Å². The van der Waals surface area contributed by atoms with Crippen LogP contribution in [0.2, 0.25) is 0 Å². The van der Waals surface area contributed by atoms with Crippen molar-refractivity contribution in [3.05, 3.63) is 36.5 Å². The van der Waals surface area contributed by atoms with Crippen molar-refractivity contribution < 1.29 is 24.5 Å². The monoisotopic (exact) mass is 984 g/mol. The van der Waals surface area contributed by atoms with Gasteiger partial charge in [-0.2, -0.15) is 0 Å². The Kier molecular flexibility index (Phi) is 58.0. The normalized spacial score (nSPS) is 12.8. The van der Waals surface area contributed by atoms with Gasteiger partial charge in [-0.15, -0.1) is 0 Å². The minimum absolute atomic E-state index is 0.00453. The van der Waals surface area contributed by atoms with E-state index in [1.807, 2.05) is 6.08 Å². The summed E-state index contributed by atoms with van der Waals surface area (Å²) < 4.78 is 5.47. The molecule has 0 aliphatic heterocycles. The molecule has 0 bridgehead atoms. The molecule has 0 aliphatic carbocycles. The highest BCUT2D eigenvalue weighted by molar-refractivity contribution is 5.76. The molecule has 0 saturated carbocycles. The first-order valence-electron chi connectivity index (χ1n) is 31.3. The summed E-state index contributed by atoms with van der Waals surface area (Å²) in [6.07, 6.45) is 74.7. The predicted molar refractivity (Wildman–Crippen MR) is 306 cm³/mol. The van der Waals surface area contributed by atoms with Crippen LogP contribution in [0.3, 0.4) is 0 Å². The number of rotatable bonds is 58. The summed E-state index contributed by atoms with van der Waals surface area (Å²) in [7, 11) is 0. The van der Waals surface area contributed by atoms with Gasteiger partial charge >= 0.3 is 5.97 Å². The number of esters is 1. The molecule has 0 rings (SSSR count). The largest absolute Gasteiger partial charge is 0.466 e. The lowest BCUT2D eigenvalue weighted by Gasteiger charge is -2.20. The summed E-state index contributed by atoms with van der Waals surface area (Å²) in [5, 5.41) is 23.1.